The molecule has 0 spiro atoms. The lowest BCUT2D eigenvalue weighted by Gasteiger charge is -2.11. The first-order valence-electron chi connectivity index (χ1n) is 5.99. The van der Waals surface area contributed by atoms with Crippen LogP contribution in [-0.4, -0.2) is 36.0 Å². The molecule has 1 aliphatic heterocycles. The largest absolute Gasteiger partial charge is 0.502 e. The van der Waals surface area contributed by atoms with Crippen LogP contribution in [-0.2, 0) is 10.0 Å². The number of nitrogens with zero attached hydrogens (tertiary/aromatic N) is 1. The summed E-state index contributed by atoms with van der Waals surface area (Å²) in [6.07, 6.45) is 2.03. The van der Waals surface area contributed by atoms with E-state index >= 15 is 0 Å². The summed E-state index contributed by atoms with van der Waals surface area (Å²) < 4.78 is 26.6. The van der Waals surface area contributed by atoms with Crippen LogP contribution in [0.25, 0.3) is 0 Å². The van der Waals surface area contributed by atoms with E-state index in [-0.39, 0.29) is 10.1 Å². The number of nitro groups is 1. The van der Waals surface area contributed by atoms with E-state index in [0.29, 0.717) is 6.54 Å². The Bertz CT molecular complexity index is 611. The van der Waals surface area contributed by atoms with Crippen molar-refractivity contribution in [1.29, 1.82) is 0 Å². The van der Waals surface area contributed by atoms with Crippen LogP contribution in [0, 0.1) is 10.1 Å². The monoisotopic (exact) mass is 318 g/mol. The highest BCUT2D eigenvalue weighted by Gasteiger charge is 2.23. The lowest BCUT2D eigenvalue weighted by molar-refractivity contribution is -0.386. The van der Waals surface area contributed by atoms with Gasteiger partial charge in [0.2, 0.25) is 10.0 Å². The minimum Gasteiger partial charge on any atom is -0.502 e. The molecule has 7 nitrogen and oxygen atoms in total. The number of hydrogen-bond donors (Lipinski definition) is 2. The average molecular weight is 318 g/mol. The summed E-state index contributed by atoms with van der Waals surface area (Å²) in [5.74, 6) is 0.470. The summed E-state index contributed by atoms with van der Waals surface area (Å²) in [4.78, 5) is 9.66. The van der Waals surface area contributed by atoms with Crippen LogP contribution in [0.1, 0.15) is 12.8 Å². The Morgan fingerprint density at radius 1 is 1.50 bits per heavy atom. The van der Waals surface area contributed by atoms with Crippen molar-refractivity contribution in [3.63, 3.8) is 0 Å². The molecule has 0 bridgehead atoms. The highest BCUT2D eigenvalue weighted by atomic mass is 32.2. The van der Waals surface area contributed by atoms with Crippen LogP contribution in [0.15, 0.2) is 23.1 Å². The normalized spacial score (nSPS) is 19.1. The third-order valence-electron chi connectivity index (χ3n) is 2.98. The third kappa shape index (κ3) is 3.41. The predicted octanol–water partition coefficient (Wildman–Crippen LogP) is 1.47. The van der Waals surface area contributed by atoms with Crippen molar-refractivity contribution in [2.45, 2.75) is 23.0 Å². The van der Waals surface area contributed by atoms with Crippen LogP contribution in [0.5, 0.6) is 5.75 Å². The molecule has 0 aliphatic carbocycles. The SMILES string of the molecule is O=[N+]([O-])c1cc(S(=O)(=O)NCC2CCCS2)ccc1O. The molecule has 20 heavy (non-hydrogen) atoms. The fourth-order valence-electron chi connectivity index (χ4n) is 1.91. The quantitative estimate of drug-likeness (QED) is 0.628. The Labute approximate surface area is 120 Å². The van der Waals surface area contributed by atoms with Gasteiger partial charge in [-0.05, 0) is 30.7 Å². The molecule has 0 saturated carbocycles. The first kappa shape index (κ1) is 15.1. The molecule has 0 amide bonds. The third-order valence-corrected chi connectivity index (χ3v) is 5.80. The van der Waals surface area contributed by atoms with Gasteiger partial charge in [-0.3, -0.25) is 10.1 Å². The van der Waals surface area contributed by atoms with E-state index in [1.807, 2.05) is 0 Å². The number of thioether (sulfide) groups is 1. The predicted molar refractivity (Wildman–Crippen MR) is 75.4 cm³/mol. The highest BCUT2D eigenvalue weighted by Crippen LogP contribution is 2.29. The van der Waals surface area contributed by atoms with E-state index in [4.69, 9.17) is 0 Å². The van der Waals surface area contributed by atoms with Crippen LogP contribution >= 0.6 is 11.8 Å². The summed E-state index contributed by atoms with van der Waals surface area (Å²) in [5.41, 5.74) is -0.622. The van der Waals surface area contributed by atoms with E-state index in [1.165, 1.54) is 0 Å². The van der Waals surface area contributed by atoms with Crippen molar-refractivity contribution in [3.8, 4) is 5.75 Å². The minimum absolute atomic E-state index is 0.218. The number of sulfonamides is 1. The molecule has 1 saturated heterocycles. The highest BCUT2D eigenvalue weighted by molar-refractivity contribution is 8.00. The molecule has 110 valence electrons. The summed E-state index contributed by atoms with van der Waals surface area (Å²) >= 11 is 1.71. The Morgan fingerprint density at radius 3 is 2.85 bits per heavy atom. The number of rotatable bonds is 5. The van der Waals surface area contributed by atoms with Crippen LogP contribution in [0.4, 0.5) is 5.69 Å². The van der Waals surface area contributed by atoms with Crippen LogP contribution in [0.2, 0.25) is 0 Å². The van der Waals surface area contributed by atoms with Gasteiger partial charge in [0.25, 0.3) is 0 Å². The zero-order valence-electron chi connectivity index (χ0n) is 10.5. The number of nitrogens with one attached hydrogen (secondary N) is 1. The molecular weight excluding hydrogens is 304 g/mol. The number of aromatic hydroxyl groups is 1. The summed E-state index contributed by atoms with van der Waals surface area (Å²) in [5, 5.41) is 20.3. The second-order valence-electron chi connectivity index (χ2n) is 4.39. The van der Waals surface area contributed by atoms with Crippen molar-refractivity contribution in [2.75, 3.05) is 12.3 Å². The molecule has 1 atom stereocenters. The molecule has 1 aromatic carbocycles. The summed E-state index contributed by atoms with van der Waals surface area (Å²) in [6, 6.07) is 3.02. The van der Waals surface area contributed by atoms with Gasteiger partial charge in [0, 0.05) is 17.9 Å². The molecule has 1 fully saturated rings. The second kappa shape index (κ2) is 5.98. The molecule has 1 aromatic rings. The maximum atomic E-state index is 12.1. The van der Waals surface area contributed by atoms with Crippen LogP contribution < -0.4 is 4.72 Å². The average Bonchev–Trinajstić information content (AvgIpc) is 2.89. The molecule has 2 N–H and O–H groups in total. The van der Waals surface area contributed by atoms with E-state index < -0.39 is 26.4 Å². The van der Waals surface area contributed by atoms with Gasteiger partial charge in [0.05, 0.1) is 9.82 Å². The lowest BCUT2D eigenvalue weighted by atomic mass is 10.2. The van der Waals surface area contributed by atoms with E-state index in [1.54, 1.807) is 11.8 Å². The zero-order chi connectivity index (χ0) is 14.8. The number of nitro benzene ring substituents is 1. The molecule has 1 heterocycles. The fourth-order valence-corrected chi connectivity index (χ4v) is 4.32. The standard InChI is InChI=1S/C11H14N2O5S2/c14-11-4-3-9(6-10(11)13(15)16)20(17,18)12-7-8-2-1-5-19-8/h3-4,6,8,12,14H,1-2,5,7H2. The van der Waals surface area contributed by atoms with Crippen molar-refractivity contribution in [2.24, 2.45) is 0 Å². The number of hydrogen-bond acceptors (Lipinski definition) is 6. The molecule has 1 unspecified atom stereocenters. The number of phenols is 1. The van der Waals surface area contributed by atoms with Gasteiger partial charge in [-0.15, -0.1) is 0 Å². The second-order valence-corrected chi connectivity index (χ2v) is 7.57. The minimum atomic E-state index is -3.80. The van der Waals surface area contributed by atoms with Gasteiger partial charge in [-0.2, -0.15) is 11.8 Å². The number of phenolic OH excluding ortho intramolecular Hbond substituents is 1. The zero-order valence-corrected chi connectivity index (χ0v) is 12.1. The number of benzene rings is 1. The molecule has 0 radical (unpaired) electrons. The maximum absolute atomic E-state index is 12.1. The van der Waals surface area contributed by atoms with Crippen molar-refractivity contribution >= 4 is 27.5 Å². The first-order valence-corrected chi connectivity index (χ1v) is 8.52. The Balaban J connectivity index is 2.16. The summed E-state index contributed by atoms with van der Waals surface area (Å²) in [6.45, 7) is 0.307. The van der Waals surface area contributed by atoms with Gasteiger partial charge in [-0.1, -0.05) is 0 Å². The van der Waals surface area contributed by atoms with Gasteiger partial charge in [0.15, 0.2) is 5.75 Å². The molecule has 0 aromatic heterocycles. The van der Waals surface area contributed by atoms with E-state index in [2.05, 4.69) is 4.72 Å². The van der Waals surface area contributed by atoms with Gasteiger partial charge in [0.1, 0.15) is 0 Å². The molecule has 1 aliphatic rings. The van der Waals surface area contributed by atoms with Gasteiger partial charge in [-0.25, -0.2) is 13.1 Å². The van der Waals surface area contributed by atoms with E-state index in [9.17, 15) is 23.6 Å². The van der Waals surface area contributed by atoms with Crippen LogP contribution in [0.3, 0.4) is 0 Å². The Hall–Kier alpha value is -1.32. The lowest BCUT2D eigenvalue weighted by Crippen LogP contribution is -2.29. The Kier molecular flexibility index (Phi) is 4.51. The van der Waals surface area contributed by atoms with E-state index in [0.717, 1.165) is 36.8 Å². The summed E-state index contributed by atoms with van der Waals surface area (Å²) in [7, 11) is -3.80. The van der Waals surface area contributed by atoms with Crippen molar-refractivity contribution in [1.82, 2.24) is 4.72 Å². The molecular formula is C11H14N2O5S2. The first-order chi connectivity index (χ1) is 9.40. The van der Waals surface area contributed by atoms with Gasteiger partial charge >= 0.3 is 5.69 Å². The van der Waals surface area contributed by atoms with Gasteiger partial charge < -0.3 is 5.11 Å². The molecule has 2 rings (SSSR count). The topological polar surface area (TPSA) is 110 Å². The maximum Gasteiger partial charge on any atom is 0.312 e. The van der Waals surface area contributed by atoms with Crippen molar-refractivity contribution in [3.05, 3.63) is 28.3 Å². The fraction of sp³-hybridized carbons (Fsp3) is 0.455. The molecule has 9 heteroatoms. The van der Waals surface area contributed by atoms with Crippen molar-refractivity contribution < 1.29 is 18.4 Å². The Morgan fingerprint density at radius 2 is 2.25 bits per heavy atom. The smallest absolute Gasteiger partial charge is 0.312 e.